The molecule has 0 N–H and O–H groups in total. The SMILES string of the molecule is C=CCN1C(=O)COc2ccc(Cl)cc21. The van der Waals surface area contributed by atoms with Gasteiger partial charge in [-0.1, -0.05) is 17.7 Å². The molecule has 4 heteroatoms. The predicted molar refractivity (Wildman–Crippen MR) is 59.5 cm³/mol. The van der Waals surface area contributed by atoms with Gasteiger partial charge in [-0.05, 0) is 18.2 Å². The number of anilines is 1. The molecule has 78 valence electrons. The summed E-state index contributed by atoms with van der Waals surface area (Å²) in [6.07, 6.45) is 1.67. The summed E-state index contributed by atoms with van der Waals surface area (Å²) in [7, 11) is 0. The van der Waals surface area contributed by atoms with E-state index in [0.717, 1.165) is 0 Å². The minimum atomic E-state index is -0.0790. The monoisotopic (exact) mass is 223 g/mol. The molecule has 15 heavy (non-hydrogen) atoms. The third-order valence-corrected chi connectivity index (χ3v) is 2.41. The maximum atomic E-state index is 11.6. The molecule has 3 nitrogen and oxygen atoms in total. The number of rotatable bonds is 2. The zero-order chi connectivity index (χ0) is 10.8. The molecule has 0 aromatic heterocycles. The highest BCUT2D eigenvalue weighted by Gasteiger charge is 2.24. The van der Waals surface area contributed by atoms with Gasteiger partial charge in [0.2, 0.25) is 0 Å². The molecule has 1 aliphatic heterocycles. The Hall–Kier alpha value is -1.48. The van der Waals surface area contributed by atoms with Gasteiger partial charge in [0.15, 0.2) is 6.61 Å². The highest BCUT2D eigenvalue weighted by Crippen LogP contribution is 2.34. The first-order valence-corrected chi connectivity index (χ1v) is 4.94. The van der Waals surface area contributed by atoms with Gasteiger partial charge in [0.1, 0.15) is 5.75 Å². The highest BCUT2D eigenvalue weighted by atomic mass is 35.5. The van der Waals surface area contributed by atoms with Crippen LogP contribution in [0.3, 0.4) is 0 Å². The minimum absolute atomic E-state index is 0.0719. The Labute approximate surface area is 92.9 Å². The average Bonchev–Trinajstić information content (AvgIpc) is 2.23. The Morgan fingerprint density at radius 1 is 1.60 bits per heavy atom. The van der Waals surface area contributed by atoms with E-state index < -0.39 is 0 Å². The van der Waals surface area contributed by atoms with E-state index in [-0.39, 0.29) is 12.5 Å². The number of fused-ring (bicyclic) bond motifs is 1. The van der Waals surface area contributed by atoms with Gasteiger partial charge in [-0.3, -0.25) is 4.79 Å². The molecule has 0 radical (unpaired) electrons. The van der Waals surface area contributed by atoms with Crippen molar-refractivity contribution < 1.29 is 9.53 Å². The van der Waals surface area contributed by atoms with Crippen LogP contribution < -0.4 is 9.64 Å². The van der Waals surface area contributed by atoms with Crippen molar-refractivity contribution in [2.24, 2.45) is 0 Å². The fourth-order valence-corrected chi connectivity index (χ4v) is 1.67. The normalized spacial score (nSPS) is 14.5. The lowest BCUT2D eigenvalue weighted by atomic mass is 10.2. The number of hydrogen-bond donors (Lipinski definition) is 0. The fraction of sp³-hybridized carbons (Fsp3) is 0.182. The molecule has 1 amide bonds. The first-order valence-electron chi connectivity index (χ1n) is 4.56. The maximum absolute atomic E-state index is 11.6. The number of benzene rings is 1. The van der Waals surface area contributed by atoms with Crippen molar-refractivity contribution in [1.82, 2.24) is 0 Å². The molecular weight excluding hydrogens is 214 g/mol. The number of carbonyl (C=O) groups is 1. The van der Waals surface area contributed by atoms with Crippen molar-refractivity contribution >= 4 is 23.2 Å². The minimum Gasteiger partial charge on any atom is -0.482 e. The molecule has 0 bridgehead atoms. The standard InChI is InChI=1S/C11H10ClNO2/c1-2-5-13-9-6-8(12)3-4-10(9)15-7-11(13)14/h2-4,6H,1,5,7H2. The van der Waals surface area contributed by atoms with Crippen molar-refractivity contribution in [3.8, 4) is 5.75 Å². The second-order valence-electron chi connectivity index (χ2n) is 3.19. The summed E-state index contributed by atoms with van der Waals surface area (Å²) >= 11 is 5.87. The van der Waals surface area contributed by atoms with Crippen LogP contribution in [0.15, 0.2) is 30.9 Å². The van der Waals surface area contributed by atoms with Gasteiger partial charge in [-0.25, -0.2) is 0 Å². The van der Waals surface area contributed by atoms with Gasteiger partial charge in [0, 0.05) is 11.6 Å². The molecule has 0 aliphatic carbocycles. The van der Waals surface area contributed by atoms with Crippen molar-refractivity contribution in [2.75, 3.05) is 18.1 Å². The second-order valence-corrected chi connectivity index (χ2v) is 3.63. The Morgan fingerprint density at radius 2 is 2.40 bits per heavy atom. The van der Waals surface area contributed by atoms with E-state index >= 15 is 0 Å². The largest absolute Gasteiger partial charge is 0.482 e. The van der Waals surface area contributed by atoms with E-state index in [1.165, 1.54) is 0 Å². The molecule has 1 aromatic rings. The Bertz CT molecular complexity index is 417. The molecule has 0 fully saturated rings. The average molecular weight is 224 g/mol. The molecule has 2 rings (SSSR count). The van der Waals surface area contributed by atoms with Crippen molar-refractivity contribution in [3.05, 3.63) is 35.9 Å². The molecule has 1 aromatic carbocycles. The molecular formula is C11H10ClNO2. The van der Waals surface area contributed by atoms with Crippen molar-refractivity contribution in [1.29, 1.82) is 0 Å². The summed E-state index contributed by atoms with van der Waals surface area (Å²) in [5.41, 5.74) is 0.707. The van der Waals surface area contributed by atoms with Crippen molar-refractivity contribution in [3.63, 3.8) is 0 Å². The summed E-state index contributed by atoms with van der Waals surface area (Å²) in [4.78, 5) is 13.2. The lowest BCUT2D eigenvalue weighted by Crippen LogP contribution is -2.38. The van der Waals surface area contributed by atoms with E-state index in [2.05, 4.69) is 6.58 Å². The topological polar surface area (TPSA) is 29.5 Å². The zero-order valence-corrected chi connectivity index (χ0v) is 8.83. The maximum Gasteiger partial charge on any atom is 0.265 e. The third-order valence-electron chi connectivity index (χ3n) is 2.18. The summed E-state index contributed by atoms with van der Waals surface area (Å²) in [6, 6.07) is 5.22. The van der Waals surface area contributed by atoms with Gasteiger partial charge in [0.25, 0.3) is 5.91 Å². The first-order chi connectivity index (χ1) is 7.22. The zero-order valence-electron chi connectivity index (χ0n) is 8.07. The van der Waals surface area contributed by atoms with Crippen LogP contribution in [0.25, 0.3) is 0 Å². The van der Waals surface area contributed by atoms with Gasteiger partial charge in [-0.15, -0.1) is 6.58 Å². The van der Waals surface area contributed by atoms with Gasteiger partial charge in [-0.2, -0.15) is 0 Å². The third kappa shape index (κ3) is 1.83. The number of ether oxygens (including phenoxy) is 1. The van der Waals surface area contributed by atoms with Crippen LogP contribution in [0.2, 0.25) is 5.02 Å². The molecule has 0 saturated heterocycles. The summed E-state index contributed by atoms with van der Waals surface area (Å²) in [5.74, 6) is 0.602. The smallest absolute Gasteiger partial charge is 0.265 e. The Morgan fingerprint density at radius 3 is 3.13 bits per heavy atom. The number of halogens is 1. The van der Waals surface area contributed by atoms with Crippen LogP contribution in [0.5, 0.6) is 5.75 Å². The fourth-order valence-electron chi connectivity index (χ4n) is 1.50. The molecule has 0 saturated carbocycles. The molecule has 1 aliphatic rings. The van der Waals surface area contributed by atoms with Gasteiger partial charge >= 0.3 is 0 Å². The van der Waals surface area contributed by atoms with Crippen LogP contribution in [-0.4, -0.2) is 19.1 Å². The number of nitrogens with zero attached hydrogens (tertiary/aromatic N) is 1. The quantitative estimate of drug-likeness (QED) is 0.720. The molecule has 0 unspecified atom stereocenters. The lowest BCUT2D eigenvalue weighted by molar-refractivity contribution is -0.121. The van der Waals surface area contributed by atoms with E-state index in [9.17, 15) is 4.79 Å². The van der Waals surface area contributed by atoms with E-state index in [4.69, 9.17) is 16.3 Å². The molecule has 0 spiro atoms. The van der Waals surface area contributed by atoms with Gasteiger partial charge < -0.3 is 9.64 Å². The Balaban J connectivity index is 2.45. The van der Waals surface area contributed by atoms with E-state index in [0.29, 0.717) is 23.0 Å². The molecule has 0 atom stereocenters. The van der Waals surface area contributed by atoms with Crippen LogP contribution in [0.4, 0.5) is 5.69 Å². The second kappa shape index (κ2) is 3.95. The number of hydrogen-bond acceptors (Lipinski definition) is 2. The van der Waals surface area contributed by atoms with Crippen LogP contribution in [0.1, 0.15) is 0 Å². The summed E-state index contributed by atoms with van der Waals surface area (Å²) in [5, 5.41) is 0.584. The summed E-state index contributed by atoms with van der Waals surface area (Å²) < 4.78 is 5.28. The lowest BCUT2D eigenvalue weighted by Gasteiger charge is -2.28. The highest BCUT2D eigenvalue weighted by molar-refractivity contribution is 6.31. The van der Waals surface area contributed by atoms with E-state index in [1.54, 1.807) is 29.2 Å². The number of amides is 1. The number of carbonyl (C=O) groups excluding carboxylic acids is 1. The Kier molecular flexibility index (Phi) is 2.64. The predicted octanol–water partition coefficient (Wildman–Crippen LogP) is 2.25. The van der Waals surface area contributed by atoms with Crippen LogP contribution in [-0.2, 0) is 4.79 Å². The van der Waals surface area contributed by atoms with Crippen LogP contribution in [0, 0.1) is 0 Å². The first kappa shape index (κ1) is 10.1. The van der Waals surface area contributed by atoms with Crippen LogP contribution >= 0.6 is 11.6 Å². The van der Waals surface area contributed by atoms with Crippen molar-refractivity contribution in [2.45, 2.75) is 0 Å². The molecule has 1 heterocycles. The summed E-state index contributed by atoms with van der Waals surface area (Å²) in [6.45, 7) is 4.16. The van der Waals surface area contributed by atoms with Gasteiger partial charge in [0.05, 0.1) is 5.69 Å². The van der Waals surface area contributed by atoms with E-state index in [1.807, 2.05) is 0 Å².